The Balaban J connectivity index is 1.51. The summed E-state index contributed by atoms with van der Waals surface area (Å²) in [5.74, 6) is -0.173. The van der Waals surface area contributed by atoms with Gasteiger partial charge >= 0.3 is 6.09 Å². The van der Waals surface area contributed by atoms with Gasteiger partial charge in [0.2, 0.25) is 11.8 Å². The number of hydrogen-bond acceptors (Lipinski definition) is 6. The highest BCUT2D eigenvalue weighted by molar-refractivity contribution is 5.93. The molecular formula is C30H37N5O4. The number of benzene rings is 2. The highest BCUT2D eigenvalue weighted by Gasteiger charge is 2.40. The van der Waals surface area contributed by atoms with Gasteiger partial charge in [-0.05, 0) is 62.3 Å². The van der Waals surface area contributed by atoms with Crippen LogP contribution in [0.25, 0.3) is 10.8 Å². The Morgan fingerprint density at radius 1 is 1.18 bits per heavy atom. The van der Waals surface area contributed by atoms with Gasteiger partial charge in [0.05, 0.1) is 0 Å². The Hall–Kier alpha value is -4.14. The number of rotatable bonds is 7. The zero-order valence-electron chi connectivity index (χ0n) is 23.7. The number of nitrogens with zero attached hydrogens (tertiary/aromatic N) is 3. The number of nitrogens with one attached hydrogen (secondary N) is 1. The number of likely N-dealkylation sites (N-methyl/N-ethyl adjacent to an activating group) is 1. The topological polar surface area (TPSA) is 118 Å². The number of hydrogen-bond donors (Lipinski definition) is 2. The third-order valence-electron chi connectivity index (χ3n) is 6.73. The van der Waals surface area contributed by atoms with Crippen LogP contribution in [0.15, 0.2) is 60.8 Å². The second kappa shape index (κ2) is 11.7. The molecule has 9 heteroatoms. The van der Waals surface area contributed by atoms with E-state index in [4.69, 9.17) is 11.8 Å². The van der Waals surface area contributed by atoms with Gasteiger partial charge in [0.15, 0.2) is 0 Å². The van der Waals surface area contributed by atoms with Crippen LogP contribution in [-0.2, 0) is 27.3 Å². The van der Waals surface area contributed by atoms with Gasteiger partial charge < -0.3 is 20.7 Å². The zero-order chi connectivity index (χ0) is 28.9. The van der Waals surface area contributed by atoms with Crippen molar-refractivity contribution in [2.45, 2.75) is 64.3 Å². The minimum absolute atomic E-state index is 0.206. The molecule has 4 rings (SSSR count). The zero-order valence-corrected chi connectivity index (χ0v) is 22.7. The lowest BCUT2D eigenvalue weighted by atomic mass is 10.0. The molecule has 39 heavy (non-hydrogen) atoms. The van der Waals surface area contributed by atoms with E-state index in [0.717, 1.165) is 26.8 Å². The molecule has 1 aromatic heterocycles. The predicted octanol–water partition coefficient (Wildman–Crippen LogP) is 3.90. The predicted molar refractivity (Wildman–Crippen MR) is 151 cm³/mol. The molecule has 2 atom stereocenters. The molecule has 0 unspecified atom stereocenters. The van der Waals surface area contributed by atoms with Crippen molar-refractivity contribution >= 4 is 34.5 Å². The van der Waals surface area contributed by atoms with Gasteiger partial charge in [-0.1, -0.05) is 42.5 Å². The van der Waals surface area contributed by atoms with Crippen molar-refractivity contribution in [2.75, 3.05) is 19.3 Å². The van der Waals surface area contributed by atoms with Crippen molar-refractivity contribution in [3.05, 3.63) is 71.9 Å². The molecule has 3 amide bonds. The second-order valence-corrected chi connectivity index (χ2v) is 10.8. The van der Waals surface area contributed by atoms with Crippen LogP contribution in [-0.4, -0.2) is 63.9 Å². The van der Waals surface area contributed by atoms with Crippen LogP contribution in [0.1, 0.15) is 46.1 Å². The van der Waals surface area contributed by atoms with Crippen LogP contribution in [0.3, 0.4) is 0 Å². The Bertz CT molecular complexity index is 1360. The number of pyridine rings is 1. The van der Waals surface area contributed by atoms with Crippen LogP contribution in [0, 0.1) is 0 Å². The largest absolute Gasteiger partial charge is 0.444 e. The lowest BCUT2D eigenvalue weighted by Gasteiger charge is -2.34. The number of aromatic nitrogens is 1. The minimum Gasteiger partial charge on any atom is -0.444 e. The maximum Gasteiger partial charge on any atom is 0.410 e. The van der Waals surface area contributed by atoms with E-state index in [1.807, 2.05) is 54.6 Å². The lowest BCUT2D eigenvalue weighted by molar-refractivity contribution is -0.142. The molecule has 9 nitrogen and oxygen atoms in total. The third-order valence-corrected chi connectivity index (χ3v) is 6.73. The van der Waals surface area contributed by atoms with E-state index in [0.29, 0.717) is 31.7 Å². The standard InChI is InChI=1S/C30H37N5O4/c1-30(2,3)39-29(38)34(4)25(18-20-9-6-5-7-10-20)28(37)35-16-8-11-24(35)27(36)33-19-21-12-13-23-22(17-21)14-15-32-26(23)31/h5-7,9-10,12-15,17,24-25H,8,11,16,18-19H2,1-4H3,(H2,31,32)(H,33,36)/t24-,25-/m0/s1/i4D. The van der Waals surface area contributed by atoms with E-state index in [1.165, 1.54) is 0 Å². The number of likely N-dealkylation sites (tertiary alicyclic amines) is 1. The molecule has 0 radical (unpaired) electrons. The number of ether oxygens (including phenoxy) is 1. The highest BCUT2D eigenvalue weighted by Crippen LogP contribution is 2.23. The Morgan fingerprint density at radius 3 is 2.67 bits per heavy atom. The van der Waals surface area contributed by atoms with Gasteiger partial charge in [-0.3, -0.25) is 14.5 Å². The average Bonchev–Trinajstić information content (AvgIpc) is 3.41. The summed E-state index contributed by atoms with van der Waals surface area (Å²) >= 11 is 0. The number of anilines is 1. The number of nitrogens with two attached hydrogens (primary N) is 1. The Labute approximate surface area is 230 Å². The summed E-state index contributed by atoms with van der Waals surface area (Å²) in [4.78, 5) is 47.1. The quantitative estimate of drug-likeness (QED) is 0.477. The van der Waals surface area contributed by atoms with E-state index in [9.17, 15) is 14.4 Å². The molecule has 206 valence electrons. The molecule has 1 fully saturated rings. The first-order valence-electron chi connectivity index (χ1n) is 13.8. The second-order valence-electron chi connectivity index (χ2n) is 10.8. The van der Waals surface area contributed by atoms with Gasteiger partial charge in [0.25, 0.3) is 0 Å². The summed E-state index contributed by atoms with van der Waals surface area (Å²) in [5, 5.41) is 4.74. The van der Waals surface area contributed by atoms with Crippen molar-refractivity contribution in [3.8, 4) is 0 Å². The maximum absolute atomic E-state index is 14.0. The number of amides is 3. The molecule has 2 aromatic carbocycles. The fraction of sp³-hybridized carbons (Fsp3) is 0.400. The lowest BCUT2D eigenvalue weighted by Crippen LogP contribution is -2.55. The van der Waals surface area contributed by atoms with Crippen molar-refractivity contribution in [3.63, 3.8) is 0 Å². The van der Waals surface area contributed by atoms with Gasteiger partial charge in [-0.15, -0.1) is 0 Å². The van der Waals surface area contributed by atoms with Gasteiger partial charge in [-0.25, -0.2) is 9.78 Å². The molecule has 1 saturated heterocycles. The van der Waals surface area contributed by atoms with E-state index in [-0.39, 0.29) is 18.2 Å². The summed E-state index contributed by atoms with van der Waals surface area (Å²) in [7, 11) is -0.454. The first-order valence-corrected chi connectivity index (χ1v) is 13.1. The van der Waals surface area contributed by atoms with Gasteiger partial charge in [-0.2, -0.15) is 0 Å². The summed E-state index contributed by atoms with van der Waals surface area (Å²) in [6.45, 7) is 5.90. The monoisotopic (exact) mass is 532 g/mol. The van der Waals surface area contributed by atoms with Crippen molar-refractivity contribution in [1.29, 1.82) is 0 Å². The molecule has 0 spiro atoms. The SMILES string of the molecule is [2H]CN(C(=O)OC(C)(C)C)[C@@H](Cc1ccccc1)C(=O)N1CCC[C@H]1C(=O)NCc1ccc2c(N)nccc2c1. The smallest absolute Gasteiger partial charge is 0.410 e. The van der Waals surface area contributed by atoms with Crippen LogP contribution in [0.5, 0.6) is 0 Å². The minimum atomic E-state index is -0.984. The summed E-state index contributed by atoms with van der Waals surface area (Å²) in [6, 6.07) is 15.3. The van der Waals surface area contributed by atoms with E-state index < -0.39 is 30.8 Å². The van der Waals surface area contributed by atoms with Crippen molar-refractivity contribution in [1.82, 2.24) is 20.1 Å². The molecule has 0 bridgehead atoms. The van der Waals surface area contributed by atoms with Crippen LogP contribution in [0.4, 0.5) is 10.6 Å². The normalized spacial score (nSPS) is 16.4. The molecule has 2 heterocycles. The number of nitrogen functional groups attached to an aromatic ring is 1. The average molecular weight is 533 g/mol. The molecule has 0 aliphatic carbocycles. The Kier molecular flexibility index (Phi) is 7.95. The molecule has 1 aliphatic heterocycles. The fourth-order valence-corrected chi connectivity index (χ4v) is 4.78. The summed E-state index contributed by atoms with van der Waals surface area (Å²) < 4.78 is 13.6. The molecule has 1 aliphatic rings. The molecule has 0 saturated carbocycles. The van der Waals surface area contributed by atoms with Crippen molar-refractivity contribution < 1.29 is 20.5 Å². The molecule has 3 N–H and O–H groups in total. The van der Waals surface area contributed by atoms with Gasteiger partial charge in [0, 0.05) is 39.5 Å². The van der Waals surface area contributed by atoms with Crippen LogP contribution >= 0.6 is 0 Å². The van der Waals surface area contributed by atoms with Crippen LogP contribution < -0.4 is 11.1 Å². The fourth-order valence-electron chi connectivity index (χ4n) is 4.78. The highest BCUT2D eigenvalue weighted by atomic mass is 16.6. The number of fused-ring (bicyclic) bond motifs is 1. The van der Waals surface area contributed by atoms with E-state index in [1.54, 1.807) is 31.9 Å². The summed E-state index contributed by atoms with van der Waals surface area (Å²) in [6.07, 6.45) is 2.30. The van der Waals surface area contributed by atoms with Crippen molar-refractivity contribution in [2.24, 2.45) is 0 Å². The number of carbonyl (C=O) groups is 3. The van der Waals surface area contributed by atoms with E-state index in [2.05, 4.69) is 10.3 Å². The first kappa shape index (κ1) is 26.5. The Morgan fingerprint density at radius 2 is 1.95 bits per heavy atom. The van der Waals surface area contributed by atoms with Crippen LogP contribution in [0.2, 0.25) is 0 Å². The third kappa shape index (κ3) is 6.85. The first-order chi connectivity index (χ1) is 19.1. The van der Waals surface area contributed by atoms with Gasteiger partial charge in [0.1, 0.15) is 23.5 Å². The summed E-state index contributed by atoms with van der Waals surface area (Å²) in [5.41, 5.74) is 6.90. The number of carbonyl (C=O) groups excluding carboxylic acids is 3. The molecule has 3 aromatic rings. The molecular weight excluding hydrogens is 494 g/mol. The maximum atomic E-state index is 14.0. The van der Waals surface area contributed by atoms with E-state index >= 15 is 0 Å².